The summed E-state index contributed by atoms with van der Waals surface area (Å²) in [5.41, 5.74) is 0.230. The number of benzene rings is 1. The Morgan fingerprint density at radius 3 is 2.18 bits per heavy atom. The van der Waals surface area contributed by atoms with Gasteiger partial charge in [0.1, 0.15) is 0 Å². The van der Waals surface area contributed by atoms with Gasteiger partial charge >= 0.3 is 0 Å². The molecule has 1 fully saturated rings. The quantitative estimate of drug-likeness (QED) is 0.473. The van der Waals surface area contributed by atoms with E-state index in [9.17, 15) is 5.21 Å². The molecular formula is C16H25BrN4O. The van der Waals surface area contributed by atoms with E-state index in [2.05, 4.69) is 26.6 Å². The largest absolute Gasteiger partial charge is 0.353 e. The van der Waals surface area contributed by atoms with Crippen molar-refractivity contribution < 1.29 is 5.21 Å². The fraction of sp³-hybridized carbons (Fsp3) is 0.562. The van der Waals surface area contributed by atoms with E-state index in [4.69, 9.17) is 5.41 Å². The number of rotatable bonds is 2. The maximum Gasteiger partial charge on any atom is 0.193 e. The van der Waals surface area contributed by atoms with Crippen LogP contribution in [0.3, 0.4) is 0 Å². The molecule has 22 heavy (non-hydrogen) atoms. The van der Waals surface area contributed by atoms with Gasteiger partial charge in [0, 0.05) is 27.3 Å². The Balaban J connectivity index is 1.98. The van der Waals surface area contributed by atoms with Crippen LogP contribution in [-0.4, -0.2) is 33.3 Å². The van der Waals surface area contributed by atoms with Crippen LogP contribution in [0.15, 0.2) is 28.7 Å². The van der Waals surface area contributed by atoms with Crippen molar-refractivity contribution in [1.82, 2.24) is 10.4 Å². The molecule has 122 valence electrons. The molecule has 1 aliphatic rings. The van der Waals surface area contributed by atoms with Gasteiger partial charge < -0.3 is 15.8 Å². The van der Waals surface area contributed by atoms with Gasteiger partial charge in [0.25, 0.3) is 0 Å². The normalized spacial score (nSPS) is 21.4. The Hall–Kier alpha value is -1.11. The molecule has 0 unspecified atom stereocenters. The summed E-state index contributed by atoms with van der Waals surface area (Å²) in [4.78, 5) is 0. The van der Waals surface area contributed by atoms with E-state index >= 15 is 0 Å². The molecule has 0 atom stereocenters. The number of hydroxylamine groups is 2. The number of anilines is 1. The molecule has 0 radical (unpaired) electrons. The van der Waals surface area contributed by atoms with Crippen LogP contribution in [-0.2, 0) is 0 Å². The average Bonchev–Trinajstić information content (AvgIpc) is 2.38. The molecule has 1 aromatic rings. The zero-order valence-electron chi connectivity index (χ0n) is 13.6. The molecule has 1 aromatic carbocycles. The summed E-state index contributed by atoms with van der Waals surface area (Å²) in [6, 6.07) is 7.86. The van der Waals surface area contributed by atoms with Crippen LogP contribution in [0.1, 0.15) is 40.5 Å². The molecule has 1 saturated heterocycles. The van der Waals surface area contributed by atoms with Crippen LogP contribution in [0.4, 0.5) is 5.69 Å². The van der Waals surface area contributed by atoms with Crippen LogP contribution in [0.5, 0.6) is 0 Å². The topological polar surface area (TPSA) is 71.4 Å². The smallest absolute Gasteiger partial charge is 0.193 e. The maximum atomic E-state index is 10.3. The third-order valence-electron chi connectivity index (χ3n) is 4.10. The first kappa shape index (κ1) is 17.2. The number of hydrogen-bond acceptors (Lipinski definition) is 3. The van der Waals surface area contributed by atoms with Gasteiger partial charge in [-0.3, -0.25) is 5.41 Å². The van der Waals surface area contributed by atoms with E-state index in [-0.39, 0.29) is 23.1 Å². The van der Waals surface area contributed by atoms with Gasteiger partial charge in [-0.1, -0.05) is 15.9 Å². The number of nitrogens with zero attached hydrogens (tertiary/aromatic N) is 1. The Morgan fingerprint density at radius 2 is 1.68 bits per heavy atom. The number of hydrogen-bond donors (Lipinski definition) is 4. The third kappa shape index (κ3) is 4.00. The zero-order chi connectivity index (χ0) is 16.5. The van der Waals surface area contributed by atoms with Gasteiger partial charge in [-0.05, 0) is 64.8 Å². The van der Waals surface area contributed by atoms with E-state index in [1.807, 2.05) is 52.0 Å². The molecule has 4 N–H and O–H groups in total. The Morgan fingerprint density at radius 1 is 1.18 bits per heavy atom. The van der Waals surface area contributed by atoms with Gasteiger partial charge in [0.2, 0.25) is 0 Å². The van der Waals surface area contributed by atoms with Crippen molar-refractivity contribution in [2.24, 2.45) is 0 Å². The van der Waals surface area contributed by atoms with Crippen molar-refractivity contribution in [2.45, 2.75) is 57.7 Å². The van der Waals surface area contributed by atoms with Crippen molar-refractivity contribution in [3.63, 3.8) is 0 Å². The Kier molecular flexibility index (Phi) is 4.84. The molecule has 2 rings (SSSR count). The van der Waals surface area contributed by atoms with E-state index in [1.165, 1.54) is 5.06 Å². The molecule has 1 aliphatic heterocycles. The minimum Gasteiger partial charge on any atom is -0.353 e. The number of guanidine groups is 1. The predicted molar refractivity (Wildman–Crippen MR) is 93.4 cm³/mol. The molecule has 0 bridgehead atoms. The van der Waals surface area contributed by atoms with Gasteiger partial charge in [0.05, 0.1) is 0 Å². The van der Waals surface area contributed by atoms with Crippen LogP contribution in [0.25, 0.3) is 0 Å². The van der Waals surface area contributed by atoms with Gasteiger partial charge in [-0.2, -0.15) is 5.06 Å². The molecular weight excluding hydrogens is 344 g/mol. The molecule has 0 aliphatic carbocycles. The lowest BCUT2D eigenvalue weighted by molar-refractivity contribution is -0.245. The lowest BCUT2D eigenvalue weighted by Gasteiger charge is -2.51. The lowest BCUT2D eigenvalue weighted by atomic mass is 9.79. The van der Waals surface area contributed by atoms with Gasteiger partial charge in [-0.15, -0.1) is 0 Å². The fourth-order valence-corrected chi connectivity index (χ4v) is 3.55. The highest BCUT2D eigenvalue weighted by Crippen LogP contribution is 2.36. The second kappa shape index (κ2) is 6.18. The standard InChI is InChI=1S/C16H25BrN4O/c1-15(2)9-13(10-16(3,4)21(15)22)20-14(18)19-12-7-5-11(17)6-8-12/h5-8,13,22H,9-10H2,1-4H3,(H3,18,19,20). The summed E-state index contributed by atoms with van der Waals surface area (Å²) in [7, 11) is 0. The summed E-state index contributed by atoms with van der Waals surface area (Å²) >= 11 is 3.40. The molecule has 0 saturated carbocycles. The van der Waals surface area contributed by atoms with E-state index in [0.717, 1.165) is 23.0 Å². The van der Waals surface area contributed by atoms with Crippen molar-refractivity contribution >= 4 is 27.6 Å². The Labute approximate surface area is 140 Å². The number of nitrogens with one attached hydrogen (secondary N) is 3. The lowest BCUT2D eigenvalue weighted by Crippen LogP contribution is -2.63. The summed E-state index contributed by atoms with van der Waals surface area (Å²) in [5, 5.41) is 26.2. The minimum atomic E-state index is -0.322. The van der Waals surface area contributed by atoms with Crippen molar-refractivity contribution in [3.8, 4) is 0 Å². The van der Waals surface area contributed by atoms with Crippen LogP contribution in [0, 0.1) is 5.41 Å². The van der Waals surface area contributed by atoms with Crippen LogP contribution < -0.4 is 10.6 Å². The molecule has 1 heterocycles. The van der Waals surface area contributed by atoms with E-state index < -0.39 is 0 Å². The molecule has 0 amide bonds. The summed E-state index contributed by atoms with van der Waals surface area (Å²) in [6.45, 7) is 8.09. The second-order valence-corrected chi connectivity index (χ2v) is 8.11. The monoisotopic (exact) mass is 368 g/mol. The first-order chi connectivity index (χ1) is 10.1. The average molecular weight is 369 g/mol. The maximum absolute atomic E-state index is 10.3. The van der Waals surface area contributed by atoms with Crippen LogP contribution in [0.2, 0.25) is 0 Å². The molecule has 5 nitrogen and oxygen atoms in total. The highest BCUT2D eigenvalue weighted by Gasteiger charge is 2.45. The highest BCUT2D eigenvalue weighted by atomic mass is 79.9. The van der Waals surface area contributed by atoms with E-state index in [0.29, 0.717) is 0 Å². The molecule has 0 spiro atoms. The van der Waals surface area contributed by atoms with Crippen molar-refractivity contribution in [2.75, 3.05) is 5.32 Å². The number of piperidine rings is 1. The zero-order valence-corrected chi connectivity index (χ0v) is 15.2. The van der Waals surface area contributed by atoms with Crippen molar-refractivity contribution in [1.29, 1.82) is 5.41 Å². The van der Waals surface area contributed by atoms with Gasteiger partial charge in [-0.25, -0.2) is 0 Å². The molecule has 6 heteroatoms. The first-order valence-corrected chi connectivity index (χ1v) is 8.26. The number of halogens is 1. The minimum absolute atomic E-state index is 0.142. The summed E-state index contributed by atoms with van der Waals surface area (Å²) in [6.07, 6.45) is 1.55. The molecule has 0 aromatic heterocycles. The van der Waals surface area contributed by atoms with Crippen molar-refractivity contribution in [3.05, 3.63) is 28.7 Å². The third-order valence-corrected chi connectivity index (χ3v) is 4.63. The second-order valence-electron chi connectivity index (χ2n) is 7.19. The predicted octanol–water partition coefficient (Wildman–Crippen LogP) is 3.80. The SMILES string of the molecule is CC1(C)CC(NC(=N)Nc2ccc(Br)cc2)CC(C)(C)N1O. The first-order valence-electron chi connectivity index (χ1n) is 7.47. The summed E-state index contributed by atoms with van der Waals surface area (Å²) < 4.78 is 1.01. The highest BCUT2D eigenvalue weighted by molar-refractivity contribution is 9.10. The summed E-state index contributed by atoms with van der Waals surface area (Å²) in [5.74, 6) is 0.283. The Bertz CT molecular complexity index is 524. The van der Waals surface area contributed by atoms with Gasteiger partial charge in [0.15, 0.2) is 5.96 Å². The van der Waals surface area contributed by atoms with E-state index in [1.54, 1.807) is 0 Å². The van der Waals surface area contributed by atoms with Crippen LogP contribution >= 0.6 is 15.9 Å². The fourth-order valence-electron chi connectivity index (χ4n) is 3.29.